The second-order valence-electron chi connectivity index (χ2n) is 11.7. The molecular weight excluding hydrogens is 518 g/mol. The Kier molecular flexibility index (Phi) is 13.6. The highest BCUT2D eigenvalue weighted by molar-refractivity contribution is 5.81. The van der Waals surface area contributed by atoms with E-state index >= 15 is 0 Å². The van der Waals surface area contributed by atoms with Crippen LogP contribution in [0.2, 0.25) is 0 Å². The van der Waals surface area contributed by atoms with Crippen LogP contribution in [0.5, 0.6) is 11.5 Å². The van der Waals surface area contributed by atoms with Crippen molar-refractivity contribution in [1.82, 2.24) is 0 Å². The fraction of sp³-hybridized carbons (Fsp3) is 0.667. The Labute approximate surface area is 238 Å². The van der Waals surface area contributed by atoms with E-state index < -0.39 is 47.0 Å². The number of nitrogens with two attached hydrogens (primary N) is 1. The zero-order valence-corrected chi connectivity index (χ0v) is 25.5. The molecule has 2 N–H and O–H groups in total. The third-order valence-corrected chi connectivity index (χ3v) is 6.71. The molecule has 0 amide bonds. The summed E-state index contributed by atoms with van der Waals surface area (Å²) >= 11 is 0. The summed E-state index contributed by atoms with van der Waals surface area (Å²) in [5.41, 5.74) is 5.15. The molecule has 40 heavy (non-hydrogen) atoms. The third-order valence-electron chi connectivity index (χ3n) is 6.71. The molecule has 0 saturated heterocycles. The van der Waals surface area contributed by atoms with Crippen molar-refractivity contribution in [1.29, 1.82) is 0 Å². The molecule has 2 atom stereocenters. The van der Waals surface area contributed by atoms with E-state index in [0.29, 0.717) is 30.7 Å². The Bertz CT molecular complexity index is 1020. The molecule has 1 rings (SSSR count). The van der Waals surface area contributed by atoms with Crippen LogP contribution in [0.25, 0.3) is 0 Å². The van der Waals surface area contributed by atoms with E-state index in [0.717, 1.165) is 0 Å². The molecule has 0 unspecified atom stereocenters. The van der Waals surface area contributed by atoms with Crippen LogP contribution < -0.4 is 15.2 Å². The Morgan fingerprint density at radius 1 is 0.850 bits per heavy atom. The van der Waals surface area contributed by atoms with Gasteiger partial charge in [-0.1, -0.05) is 33.8 Å². The first-order valence-corrected chi connectivity index (χ1v) is 13.9. The summed E-state index contributed by atoms with van der Waals surface area (Å²) in [7, 11) is 0. The van der Waals surface area contributed by atoms with Crippen LogP contribution in [0.15, 0.2) is 18.2 Å². The molecule has 1 aromatic rings. The molecule has 10 heteroatoms. The molecule has 0 aromatic heterocycles. The second-order valence-corrected chi connectivity index (χ2v) is 11.7. The maximum Gasteiger partial charge on any atom is 0.508 e. The first kappa shape index (κ1) is 34.9. The molecule has 0 heterocycles. The summed E-state index contributed by atoms with van der Waals surface area (Å²) in [6.07, 6.45) is 0.294. The molecule has 0 saturated carbocycles. The van der Waals surface area contributed by atoms with Crippen LogP contribution in [-0.2, 0) is 35.0 Å². The van der Waals surface area contributed by atoms with Gasteiger partial charge >= 0.3 is 24.1 Å². The molecule has 0 spiro atoms. The van der Waals surface area contributed by atoms with Gasteiger partial charge in [-0.05, 0) is 83.9 Å². The first-order chi connectivity index (χ1) is 18.5. The Balaban J connectivity index is 2.91. The lowest BCUT2D eigenvalue weighted by molar-refractivity contribution is -0.152. The predicted octanol–water partition coefficient (Wildman–Crippen LogP) is 5.37. The van der Waals surface area contributed by atoms with Gasteiger partial charge in [0.25, 0.3) is 0 Å². The highest BCUT2D eigenvalue weighted by Gasteiger charge is 2.31. The number of rotatable bonds is 15. The molecular formula is C30H47NO9. The number of hydrogen-bond donors (Lipinski definition) is 1. The van der Waals surface area contributed by atoms with Gasteiger partial charge in [0.1, 0.15) is 18.8 Å². The first-order valence-electron chi connectivity index (χ1n) is 13.9. The fourth-order valence-corrected chi connectivity index (χ4v) is 2.87. The van der Waals surface area contributed by atoms with Crippen molar-refractivity contribution in [2.45, 2.75) is 100 Å². The average Bonchev–Trinajstić information content (AvgIpc) is 2.88. The van der Waals surface area contributed by atoms with Gasteiger partial charge in [-0.25, -0.2) is 4.79 Å². The minimum absolute atomic E-state index is 0.0556. The van der Waals surface area contributed by atoms with Gasteiger partial charge in [0.05, 0.1) is 17.4 Å². The van der Waals surface area contributed by atoms with Crippen LogP contribution in [0, 0.1) is 16.7 Å². The normalized spacial score (nSPS) is 13.3. The SMILES string of the molecule is CCC(C)(C)C(=O)Oc1ccc(C[C@H](N)C(=O)O[C@@H](C)COC(=O)OCCC(C)C)cc1OC(=O)C(C)(C)CC. The summed E-state index contributed by atoms with van der Waals surface area (Å²) in [6, 6.07) is 3.62. The van der Waals surface area contributed by atoms with Gasteiger partial charge in [-0.3, -0.25) is 14.4 Å². The Morgan fingerprint density at radius 3 is 1.93 bits per heavy atom. The van der Waals surface area contributed by atoms with Crippen molar-refractivity contribution in [3.63, 3.8) is 0 Å². The molecule has 0 aliphatic rings. The van der Waals surface area contributed by atoms with Crippen LogP contribution in [0.3, 0.4) is 0 Å². The summed E-state index contributed by atoms with van der Waals surface area (Å²) in [6.45, 7) is 16.5. The highest BCUT2D eigenvalue weighted by atomic mass is 16.7. The monoisotopic (exact) mass is 565 g/mol. The van der Waals surface area contributed by atoms with Gasteiger partial charge in [-0.15, -0.1) is 0 Å². The fourth-order valence-electron chi connectivity index (χ4n) is 2.87. The molecule has 0 aliphatic carbocycles. The zero-order chi connectivity index (χ0) is 30.7. The standard InChI is InChI=1S/C30H47NO9/c1-10-29(6,7)26(33)39-23-13-12-21(17-24(23)40-27(34)30(8,9)11-2)16-22(31)25(32)38-20(5)18-37-28(35)36-15-14-19(3)4/h12-13,17,19-20,22H,10-11,14-16,18,31H2,1-9H3/t20-,22-/m0/s1. The van der Waals surface area contributed by atoms with Crippen molar-refractivity contribution < 1.29 is 42.9 Å². The highest BCUT2D eigenvalue weighted by Crippen LogP contribution is 2.34. The number of esters is 3. The maximum absolute atomic E-state index is 12.8. The zero-order valence-electron chi connectivity index (χ0n) is 25.5. The molecule has 226 valence electrons. The number of ether oxygens (including phenoxy) is 5. The number of hydrogen-bond acceptors (Lipinski definition) is 10. The van der Waals surface area contributed by atoms with Crippen LogP contribution in [0.1, 0.15) is 87.1 Å². The van der Waals surface area contributed by atoms with Gasteiger partial charge in [0.2, 0.25) is 0 Å². The van der Waals surface area contributed by atoms with Crippen molar-refractivity contribution >= 4 is 24.1 Å². The van der Waals surface area contributed by atoms with E-state index in [1.54, 1.807) is 40.7 Å². The number of benzene rings is 1. The van der Waals surface area contributed by atoms with Gasteiger partial charge in [0.15, 0.2) is 11.5 Å². The Morgan fingerprint density at radius 2 is 1.40 bits per heavy atom. The quantitative estimate of drug-likeness (QED) is 0.218. The van der Waals surface area contributed by atoms with Crippen LogP contribution >= 0.6 is 0 Å². The minimum Gasteiger partial charge on any atom is -0.458 e. The molecule has 0 radical (unpaired) electrons. The number of carbonyl (C=O) groups is 4. The van der Waals surface area contributed by atoms with Crippen molar-refractivity contribution in [3.05, 3.63) is 23.8 Å². The summed E-state index contributed by atoms with van der Waals surface area (Å²) in [5.74, 6) is -1.11. The van der Waals surface area contributed by atoms with Gasteiger partial charge in [-0.2, -0.15) is 0 Å². The van der Waals surface area contributed by atoms with E-state index in [2.05, 4.69) is 0 Å². The van der Waals surface area contributed by atoms with E-state index in [1.807, 2.05) is 27.7 Å². The third kappa shape index (κ3) is 11.5. The molecule has 10 nitrogen and oxygen atoms in total. The number of carbonyl (C=O) groups excluding carboxylic acids is 4. The predicted molar refractivity (Wildman–Crippen MR) is 150 cm³/mol. The molecule has 0 fully saturated rings. The average molecular weight is 566 g/mol. The minimum atomic E-state index is -1.05. The Hall–Kier alpha value is -3.14. The van der Waals surface area contributed by atoms with E-state index in [-0.39, 0.29) is 31.1 Å². The summed E-state index contributed by atoms with van der Waals surface area (Å²) in [5, 5.41) is 0. The lowest BCUT2D eigenvalue weighted by atomic mass is 9.90. The van der Waals surface area contributed by atoms with Gasteiger partial charge in [0, 0.05) is 0 Å². The lowest BCUT2D eigenvalue weighted by Gasteiger charge is -2.23. The van der Waals surface area contributed by atoms with Crippen molar-refractivity contribution in [2.75, 3.05) is 13.2 Å². The molecule has 1 aromatic carbocycles. The smallest absolute Gasteiger partial charge is 0.458 e. The van der Waals surface area contributed by atoms with E-state index in [4.69, 9.17) is 29.4 Å². The van der Waals surface area contributed by atoms with Crippen LogP contribution in [-0.4, -0.2) is 49.4 Å². The van der Waals surface area contributed by atoms with Crippen molar-refractivity contribution in [3.8, 4) is 11.5 Å². The second kappa shape index (κ2) is 15.6. The van der Waals surface area contributed by atoms with Crippen molar-refractivity contribution in [2.24, 2.45) is 22.5 Å². The largest absolute Gasteiger partial charge is 0.508 e. The van der Waals surface area contributed by atoms with Crippen LogP contribution in [0.4, 0.5) is 4.79 Å². The summed E-state index contributed by atoms with van der Waals surface area (Å²) < 4.78 is 26.5. The molecule has 0 bridgehead atoms. The topological polar surface area (TPSA) is 140 Å². The molecule has 0 aliphatic heterocycles. The summed E-state index contributed by atoms with van der Waals surface area (Å²) in [4.78, 5) is 49.7. The van der Waals surface area contributed by atoms with Gasteiger partial charge < -0.3 is 29.4 Å². The lowest BCUT2D eigenvalue weighted by Crippen LogP contribution is -2.37. The van der Waals surface area contributed by atoms with E-state index in [1.165, 1.54) is 12.1 Å². The maximum atomic E-state index is 12.8. The van der Waals surface area contributed by atoms with E-state index in [9.17, 15) is 19.2 Å².